The highest BCUT2D eigenvalue weighted by atomic mass is 32.1. The molecule has 0 spiro atoms. The van der Waals surface area contributed by atoms with Gasteiger partial charge in [-0.05, 0) is 49.5 Å². The molecule has 1 aliphatic carbocycles. The third-order valence-electron chi connectivity index (χ3n) is 5.48. The Bertz CT molecular complexity index is 784. The zero-order valence-corrected chi connectivity index (χ0v) is 15.5. The van der Waals surface area contributed by atoms with Gasteiger partial charge >= 0.3 is 0 Å². The zero-order chi connectivity index (χ0) is 16.7. The Labute approximate surface area is 147 Å². The van der Waals surface area contributed by atoms with Gasteiger partial charge in [-0.2, -0.15) is 0 Å². The molecule has 2 aromatic rings. The molecule has 2 aliphatic rings. The molecule has 0 radical (unpaired) electrons. The van der Waals surface area contributed by atoms with Crippen molar-refractivity contribution in [1.29, 1.82) is 0 Å². The van der Waals surface area contributed by atoms with Crippen molar-refractivity contribution >= 4 is 21.6 Å². The number of nitrogens with zero attached hydrogens (tertiary/aromatic N) is 2. The van der Waals surface area contributed by atoms with Crippen LogP contribution in [0.1, 0.15) is 49.4 Å². The lowest BCUT2D eigenvalue weighted by Gasteiger charge is -2.34. The molecule has 1 N–H and O–H groups in total. The summed E-state index contributed by atoms with van der Waals surface area (Å²) in [7, 11) is 0. The van der Waals surface area contributed by atoms with Gasteiger partial charge in [-0.15, -0.1) is 11.3 Å². The molecule has 24 heavy (non-hydrogen) atoms. The van der Waals surface area contributed by atoms with Crippen LogP contribution in [-0.2, 0) is 19.3 Å². The SMILES string of the molecule is C[C@@H]1C[C@@H](C)CN(CCc2nc3sc4c(c3c(=O)[nH]2)CCCC4)C1. The maximum absolute atomic E-state index is 12.6. The number of rotatable bonds is 3. The molecule has 0 aromatic carbocycles. The average molecular weight is 346 g/mol. The smallest absolute Gasteiger partial charge is 0.259 e. The zero-order valence-electron chi connectivity index (χ0n) is 14.7. The van der Waals surface area contributed by atoms with E-state index < -0.39 is 0 Å². The summed E-state index contributed by atoms with van der Waals surface area (Å²) in [6, 6.07) is 0. The highest BCUT2D eigenvalue weighted by Crippen LogP contribution is 2.33. The first-order valence-electron chi connectivity index (χ1n) is 9.36. The summed E-state index contributed by atoms with van der Waals surface area (Å²) in [5.74, 6) is 2.40. The summed E-state index contributed by atoms with van der Waals surface area (Å²) in [5, 5.41) is 0.874. The van der Waals surface area contributed by atoms with Gasteiger partial charge in [-0.25, -0.2) is 4.98 Å². The summed E-state index contributed by atoms with van der Waals surface area (Å²) in [6.45, 7) is 8.01. The van der Waals surface area contributed by atoms with Crippen LogP contribution in [0.4, 0.5) is 0 Å². The van der Waals surface area contributed by atoms with Gasteiger partial charge in [0.25, 0.3) is 5.56 Å². The van der Waals surface area contributed by atoms with E-state index in [0.29, 0.717) is 0 Å². The number of nitrogens with one attached hydrogen (secondary N) is 1. The second-order valence-electron chi connectivity index (χ2n) is 7.86. The van der Waals surface area contributed by atoms with Gasteiger partial charge in [0.1, 0.15) is 10.7 Å². The number of likely N-dealkylation sites (tertiary alicyclic amines) is 1. The van der Waals surface area contributed by atoms with Gasteiger partial charge in [-0.1, -0.05) is 13.8 Å². The van der Waals surface area contributed by atoms with Gasteiger partial charge in [0.2, 0.25) is 0 Å². The number of thiophene rings is 1. The molecule has 1 fully saturated rings. The van der Waals surface area contributed by atoms with Crippen LogP contribution in [0.15, 0.2) is 4.79 Å². The Morgan fingerprint density at radius 2 is 1.96 bits per heavy atom. The second-order valence-corrected chi connectivity index (χ2v) is 8.94. The summed E-state index contributed by atoms with van der Waals surface area (Å²) in [5.41, 5.74) is 1.36. The first-order valence-corrected chi connectivity index (χ1v) is 10.2. The quantitative estimate of drug-likeness (QED) is 0.928. The van der Waals surface area contributed by atoms with Gasteiger partial charge in [0.05, 0.1) is 5.39 Å². The molecular weight excluding hydrogens is 318 g/mol. The summed E-state index contributed by atoms with van der Waals surface area (Å²) < 4.78 is 0. The summed E-state index contributed by atoms with van der Waals surface area (Å²) >= 11 is 1.75. The average Bonchev–Trinajstić information content (AvgIpc) is 2.91. The lowest BCUT2D eigenvalue weighted by molar-refractivity contribution is 0.142. The van der Waals surface area contributed by atoms with E-state index in [1.807, 2.05) is 0 Å². The molecule has 0 unspecified atom stereocenters. The first-order chi connectivity index (χ1) is 11.6. The Hall–Kier alpha value is -1.20. The van der Waals surface area contributed by atoms with Crippen molar-refractivity contribution in [2.45, 2.75) is 52.4 Å². The first kappa shape index (κ1) is 16.3. The number of aromatic nitrogens is 2. The third kappa shape index (κ3) is 3.16. The molecule has 3 heterocycles. The highest BCUT2D eigenvalue weighted by molar-refractivity contribution is 7.18. The number of hydrogen-bond donors (Lipinski definition) is 1. The van der Waals surface area contributed by atoms with Crippen LogP contribution in [0.5, 0.6) is 0 Å². The van der Waals surface area contributed by atoms with Crippen LogP contribution in [0, 0.1) is 11.8 Å². The minimum atomic E-state index is 0.0785. The minimum Gasteiger partial charge on any atom is -0.310 e. The van der Waals surface area contributed by atoms with E-state index in [4.69, 9.17) is 4.98 Å². The molecule has 130 valence electrons. The van der Waals surface area contributed by atoms with E-state index >= 15 is 0 Å². The number of aromatic amines is 1. The van der Waals surface area contributed by atoms with Crippen LogP contribution >= 0.6 is 11.3 Å². The van der Waals surface area contributed by atoms with Crippen molar-refractivity contribution in [2.24, 2.45) is 11.8 Å². The molecule has 1 saturated heterocycles. The van der Waals surface area contributed by atoms with E-state index in [9.17, 15) is 4.79 Å². The van der Waals surface area contributed by atoms with Gasteiger partial charge < -0.3 is 9.88 Å². The molecule has 0 amide bonds. The minimum absolute atomic E-state index is 0.0785. The molecule has 0 bridgehead atoms. The predicted octanol–water partition coefficient (Wildman–Crippen LogP) is 3.38. The van der Waals surface area contributed by atoms with Crippen LogP contribution in [-0.4, -0.2) is 34.5 Å². The number of H-pyrrole nitrogens is 1. The molecular formula is C19H27N3OS. The van der Waals surface area contributed by atoms with Gasteiger partial charge in [0, 0.05) is 30.9 Å². The molecule has 4 nitrogen and oxygen atoms in total. The normalized spacial score (nSPS) is 25.1. The van der Waals surface area contributed by atoms with Crippen LogP contribution in [0.3, 0.4) is 0 Å². The van der Waals surface area contributed by atoms with E-state index in [-0.39, 0.29) is 5.56 Å². The maximum atomic E-state index is 12.6. The fourth-order valence-corrected chi connectivity index (χ4v) is 5.85. The van der Waals surface area contributed by atoms with Crippen LogP contribution in [0.25, 0.3) is 10.2 Å². The fourth-order valence-electron chi connectivity index (χ4n) is 4.57. The number of piperidine rings is 1. The van der Waals surface area contributed by atoms with Crippen molar-refractivity contribution in [3.05, 3.63) is 26.6 Å². The third-order valence-corrected chi connectivity index (χ3v) is 6.67. The molecule has 2 aromatic heterocycles. The number of aryl methyl sites for hydroxylation is 2. The molecule has 2 atom stereocenters. The summed E-state index contributed by atoms with van der Waals surface area (Å²) in [4.78, 5) is 25.3. The Morgan fingerprint density at radius 3 is 2.75 bits per heavy atom. The Morgan fingerprint density at radius 1 is 1.21 bits per heavy atom. The molecule has 5 heteroatoms. The van der Waals surface area contributed by atoms with Crippen LogP contribution in [0.2, 0.25) is 0 Å². The number of fused-ring (bicyclic) bond motifs is 3. The monoisotopic (exact) mass is 345 g/mol. The summed E-state index contributed by atoms with van der Waals surface area (Å²) in [6.07, 6.45) is 6.78. The predicted molar refractivity (Wildman–Crippen MR) is 100.0 cm³/mol. The van der Waals surface area contributed by atoms with Gasteiger partial charge in [-0.3, -0.25) is 4.79 Å². The lowest BCUT2D eigenvalue weighted by atomic mass is 9.92. The van der Waals surface area contributed by atoms with Crippen molar-refractivity contribution in [3.8, 4) is 0 Å². The highest BCUT2D eigenvalue weighted by Gasteiger charge is 2.22. The fraction of sp³-hybridized carbons (Fsp3) is 0.684. The van der Waals surface area contributed by atoms with E-state index in [1.54, 1.807) is 11.3 Å². The van der Waals surface area contributed by atoms with Crippen molar-refractivity contribution in [3.63, 3.8) is 0 Å². The second kappa shape index (κ2) is 6.60. The molecule has 1 aliphatic heterocycles. The largest absolute Gasteiger partial charge is 0.310 e. The Balaban J connectivity index is 1.54. The van der Waals surface area contributed by atoms with E-state index in [0.717, 1.165) is 53.7 Å². The van der Waals surface area contributed by atoms with Crippen molar-refractivity contribution in [1.82, 2.24) is 14.9 Å². The topological polar surface area (TPSA) is 49.0 Å². The lowest BCUT2D eigenvalue weighted by Crippen LogP contribution is -2.40. The molecule has 4 rings (SSSR count). The van der Waals surface area contributed by atoms with Crippen LogP contribution < -0.4 is 5.56 Å². The Kier molecular flexibility index (Phi) is 4.48. The molecule has 0 saturated carbocycles. The van der Waals surface area contributed by atoms with Crippen molar-refractivity contribution in [2.75, 3.05) is 19.6 Å². The van der Waals surface area contributed by atoms with E-state index in [2.05, 4.69) is 23.7 Å². The van der Waals surface area contributed by atoms with E-state index in [1.165, 1.54) is 42.8 Å². The van der Waals surface area contributed by atoms with Crippen molar-refractivity contribution < 1.29 is 0 Å². The number of hydrogen-bond acceptors (Lipinski definition) is 4. The van der Waals surface area contributed by atoms with Gasteiger partial charge in [0.15, 0.2) is 0 Å². The standard InChI is InChI=1S/C19H27N3OS/c1-12-9-13(2)11-22(10-12)8-7-16-20-18(23)17-14-5-3-4-6-15(14)24-19(17)21-16/h12-13H,3-11H2,1-2H3,(H,20,21,23)/t12-,13-/m1/s1. The maximum Gasteiger partial charge on any atom is 0.259 e.